The van der Waals surface area contributed by atoms with Crippen LogP contribution in [0.5, 0.6) is 0 Å². The Bertz CT molecular complexity index is 315. The van der Waals surface area contributed by atoms with Crippen LogP contribution in [0, 0.1) is 6.92 Å². The smallest absolute Gasteiger partial charge is 0.0322 e. The first-order valence-corrected chi connectivity index (χ1v) is 7.03. The summed E-state index contributed by atoms with van der Waals surface area (Å²) in [5, 5.41) is 3.80. The van der Waals surface area contributed by atoms with Gasteiger partial charge in [-0.25, -0.2) is 0 Å². The Kier molecular flexibility index (Phi) is 6.28. The van der Waals surface area contributed by atoms with Gasteiger partial charge in [0, 0.05) is 12.1 Å². The third-order valence-electron chi connectivity index (χ3n) is 3.44. The number of rotatable bonds is 7. The maximum atomic E-state index is 3.80. The highest BCUT2D eigenvalue weighted by Gasteiger charge is 2.14. The molecule has 0 saturated carbocycles. The van der Waals surface area contributed by atoms with E-state index in [1.54, 1.807) is 0 Å². The SMILES string of the molecule is CCCC(NC(CC)CC)c1cccc(C)c1. The van der Waals surface area contributed by atoms with E-state index in [9.17, 15) is 0 Å². The van der Waals surface area contributed by atoms with Gasteiger partial charge < -0.3 is 5.32 Å². The van der Waals surface area contributed by atoms with Gasteiger partial charge in [-0.1, -0.05) is 57.0 Å². The Morgan fingerprint density at radius 1 is 1.12 bits per heavy atom. The highest BCUT2D eigenvalue weighted by molar-refractivity contribution is 5.25. The van der Waals surface area contributed by atoms with Gasteiger partial charge in [0.1, 0.15) is 0 Å². The van der Waals surface area contributed by atoms with Crippen molar-refractivity contribution in [3.63, 3.8) is 0 Å². The molecule has 0 aliphatic carbocycles. The molecule has 0 bridgehead atoms. The second kappa shape index (κ2) is 7.50. The van der Waals surface area contributed by atoms with E-state index in [2.05, 4.69) is 57.3 Å². The zero-order valence-corrected chi connectivity index (χ0v) is 11.8. The standard InChI is InChI=1S/C16H27N/c1-5-9-16(17-15(6-2)7-3)14-11-8-10-13(4)12-14/h8,10-12,15-17H,5-7,9H2,1-4H3. The number of aryl methyl sites for hydroxylation is 1. The van der Waals surface area contributed by atoms with Gasteiger partial charge in [-0.2, -0.15) is 0 Å². The summed E-state index contributed by atoms with van der Waals surface area (Å²) in [6.07, 6.45) is 4.87. The van der Waals surface area contributed by atoms with Crippen molar-refractivity contribution in [2.24, 2.45) is 0 Å². The Balaban J connectivity index is 2.77. The average Bonchev–Trinajstić information content (AvgIpc) is 2.34. The molecule has 0 radical (unpaired) electrons. The monoisotopic (exact) mass is 233 g/mol. The van der Waals surface area contributed by atoms with E-state index in [-0.39, 0.29) is 0 Å². The summed E-state index contributed by atoms with van der Waals surface area (Å²) in [7, 11) is 0. The molecule has 0 aliphatic rings. The Morgan fingerprint density at radius 3 is 2.35 bits per heavy atom. The Morgan fingerprint density at radius 2 is 1.82 bits per heavy atom. The predicted octanol–water partition coefficient (Wildman–Crippen LogP) is 4.61. The molecule has 96 valence electrons. The number of hydrogen-bond acceptors (Lipinski definition) is 1. The zero-order valence-electron chi connectivity index (χ0n) is 11.8. The molecule has 1 N–H and O–H groups in total. The first-order valence-electron chi connectivity index (χ1n) is 7.03. The maximum Gasteiger partial charge on any atom is 0.0322 e. The van der Waals surface area contributed by atoms with Crippen molar-refractivity contribution in [1.82, 2.24) is 5.32 Å². The molecule has 0 saturated heterocycles. The summed E-state index contributed by atoms with van der Waals surface area (Å²) in [6, 6.07) is 10.1. The number of benzene rings is 1. The lowest BCUT2D eigenvalue weighted by molar-refractivity contribution is 0.396. The molecule has 1 unspecified atom stereocenters. The molecule has 0 spiro atoms. The third-order valence-corrected chi connectivity index (χ3v) is 3.44. The van der Waals surface area contributed by atoms with E-state index in [1.165, 1.54) is 36.8 Å². The molecule has 1 atom stereocenters. The predicted molar refractivity (Wildman–Crippen MR) is 76.3 cm³/mol. The molecule has 1 aromatic carbocycles. The molecule has 1 aromatic rings. The summed E-state index contributed by atoms with van der Waals surface area (Å²) in [6.45, 7) is 8.96. The topological polar surface area (TPSA) is 12.0 Å². The summed E-state index contributed by atoms with van der Waals surface area (Å²) in [5.41, 5.74) is 2.80. The van der Waals surface area contributed by atoms with Gasteiger partial charge in [0.25, 0.3) is 0 Å². The van der Waals surface area contributed by atoms with E-state index in [0.29, 0.717) is 12.1 Å². The van der Waals surface area contributed by atoms with Crippen LogP contribution in [0.25, 0.3) is 0 Å². The highest BCUT2D eigenvalue weighted by atomic mass is 14.9. The van der Waals surface area contributed by atoms with Crippen LogP contribution in [0.1, 0.15) is 63.6 Å². The quantitative estimate of drug-likeness (QED) is 0.725. The van der Waals surface area contributed by atoms with Crippen molar-refractivity contribution >= 4 is 0 Å². The van der Waals surface area contributed by atoms with Gasteiger partial charge in [0.05, 0.1) is 0 Å². The molecule has 1 nitrogen and oxygen atoms in total. The van der Waals surface area contributed by atoms with Crippen LogP contribution in [0.15, 0.2) is 24.3 Å². The van der Waals surface area contributed by atoms with Crippen molar-refractivity contribution in [2.45, 2.75) is 65.5 Å². The van der Waals surface area contributed by atoms with Gasteiger partial charge in [-0.3, -0.25) is 0 Å². The normalized spacial score (nSPS) is 13.0. The van der Waals surface area contributed by atoms with Crippen LogP contribution in [0.4, 0.5) is 0 Å². The molecule has 0 aromatic heterocycles. The molecule has 0 heterocycles. The average molecular weight is 233 g/mol. The summed E-state index contributed by atoms with van der Waals surface area (Å²) >= 11 is 0. The minimum Gasteiger partial charge on any atom is -0.307 e. The summed E-state index contributed by atoms with van der Waals surface area (Å²) in [5.74, 6) is 0. The van der Waals surface area contributed by atoms with Gasteiger partial charge in [0.15, 0.2) is 0 Å². The van der Waals surface area contributed by atoms with Crippen molar-refractivity contribution in [3.05, 3.63) is 35.4 Å². The van der Waals surface area contributed by atoms with Gasteiger partial charge in [0.2, 0.25) is 0 Å². The van der Waals surface area contributed by atoms with E-state index < -0.39 is 0 Å². The number of hydrogen-bond donors (Lipinski definition) is 1. The zero-order chi connectivity index (χ0) is 12.7. The molecular formula is C16H27N. The Labute approximate surface area is 107 Å². The fraction of sp³-hybridized carbons (Fsp3) is 0.625. The number of nitrogens with one attached hydrogen (secondary N) is 1. The third kappa shape index (κ3) is 4.51. The lowest BCUT2D eigenvalue weighted by Crippen LogP contribution is -2.31. The van der Waals surface area contributed by atoms with Crippen molar-refractivity contribution in [1.29, 1.82) is 0 Å². The molecule has 17 heavy (non-hydrogen) atoms. The lowest BCUT2D eigenvalue weighted by atomic mass is 9.98. The van der Waals surface area contributed by atoms with Crippen LogP contribution in [0.3, 0.4) is 0 Å². The first kappa shape index (κ1) is 14.2. The molecule has 1 heteroatoms. The Hall–Kier alpha value is -0.820. The van der Waals surface area contributed by atoms with Crippen molar-refractivity contribution in [3.8, 4) is 0 Å². The first-order chi connectivity index (χ1) is 8.21. The van der Waals surface area contributed by atoms with Crippen LogP contribution in [0.2, 0.25) is 0 Å². The molecular weight excluding hydrogens is 206 g/mol. The second-order valence-electron chi connectivity index (χ2n) is 4.94. The largest absolute Gasteiger partial charge is 0.307 e. The van der Waals surface area contributed by atoms with Crippen LogP contribution in [-0.2, 0) is 0 Å². The van der Waals surface area contributed by atoms with Crippen LogP contribution < -0.4 is 5.32 Å². The van der Waals surface area contributed by atoms with Crippen LogP contribution in [-0.4, -0.2) is 6.04 Å². The fourth-order valence-electron chi connectivity index (χ4n) is 2.33. The van der Waals surface area contributed by atoms with Crippen LogP contribution >= 0.6 is 0 Å². The van der Waals surface area contributed by atoms with Gasteiger partial charge >= 0.3 is 0 Å². The maximum absolute atomic E-state index is 3.80. The van der Waals surface area contributed by atoms with E-state index >= 15 is 0 Å². The van der Waals surface area contributed by atoms with Gasteiger partial charge in [-0.05, 0) is 31.7 Å². The molecule has 0 amide bonds. The summed E-state index contributed by atoms with van der Waals surface area (Å²) < 4.78 is 0. The van der Waals surface area contributed by atoms with Crippen molar-refractivity contribution in [2.75, 3.05) is 0 Å². The van der Waals surface area contributed by atoms with Crippen molar-refractivity contribution < 1.29 is 0 Å². The lowest BCUT2D eigenvalue weighted by Gasteiger charge is -2.24. The highest BCUT2D eigenvalue weighted by Crippen LogP contribution is 2.21. The van der Waals surface area contributed by atoms with E-state index in [4.69, 9.17) is 0 Å². The molecule has 0 aliphatic heterocycles. The van der Waals surface area contributed by atoms with E-state index in [1.807, 2.05) is 0 Å². The molecule has 0 fully saturated rings. The van der Waals surface area contributed by atoms with E-state index in [0.717, 1.165) is 0 Å². The van der Waals surface area contributed by atoms with Gasteiger partial charge in [-0.15, -0.1) is 0 Å². The molecule has 1 rings (SSSR count). The second-order valence-corrected chi connectivity index (χ2v) is 4.94. The minimum atomic E-state index is 0.518. The summed E-state index contributed by atoms with van der Waals surface area (Å²) in [4.78, 5) is 0. The fourth-order valence-corrected chi connectivity index (χ4v) is 2.33. The minimum absolute atomic E-state index is 0.518.